The Bertz CT molecular complexity index is 1790. The second-order valence-electron chi connectivity index (χ2n) is 11.5. The molecule has 1 atom stereocenters. The molecule has 44 heavy (non-hydrogen) atoms. The third-order valence-electron chi connectivity index (χ3n) is 7.28. The van der Waals surface area contributed by atoms with Crippen molar-refractivity contribution in [1.82, 2.24) is 4.98 Å². The molecule has 8 heteroatoms. The number of pyridine rings is 1. The molecule has 0 aliphatic carbocycles. The zero-order valence-corrected chi connectivity index (χ0v) is 26.2. The van der Waals surface area contributed by atoms with E-state index < -0.39 is 16.6 Å². The summed E-state index contributed by atoms with van der Waals surface area (Å²) >= 11 is 0. The predicted molar refractivity (Wildman–Crippen MR) is 172 cm³/mol. The molecule has 228 valence electrons. The first-order valence-electron chi connectivity index (χ1n) is 14.6. The van der Waals surface area contributed by atoms with Crippen LogP contribution in [0.25, 0.3) is 33.2 Å². The van der Waals surface area contributed by atoms with Crippen LogP contribution in [0.15, 0.2) is 89.7 Å². The summed E-state index contributed by atoms with van der Waals surface area (Å²) in [6.45, 7) is 7.96. The lowest BCUT2D eigenvalue weighted by Crippen LogP contribution is -2.25. The van der Waals surface area contributed by atoms with Gasteiger partial charge in [0.15, 0.2) is 5.82 Å². The maximum Gasteiger partial charge on any atom is 0.310 e. The van der Waals surface area contributed by atoms with E-state index in [9.17, 15) is 9.00 Å². The number of carbonyl (C=O) groups is 1. The molecule has 0 spiro atoms. The Balaban J connectivity index is 1.46. The first-order valence-corrected chi connectivity index (χ1v) is 15.9. The molecule has 0 bridgehead atoms. The van der Waals surface area contributed by atoms with Gasteiger partial charge >= 0.3 is 5.97 Å². The van der Waals surface area contributed by atoms with Gasteiger partial charge in [0.05, 0.1) is 25.0 Å². The van der Waals surface area contributed by atoms with E-state index in [1.165, 1.54) is 0 Å². The lowest BCUT2D eigenvalue weighted by Gasteiger charge is -2.17. The lowest BCUT2D eigenvalue weighted by atomic mass is 9.99. The molecule has 2 aromatic heterocycles. The van der Waals surface area contributed by atoms with Crippen molar-refractivity contribution in [3.8, 4) is 28.0 Å². The molecule has 0 amide bonds. The molecule has 0 saturated heterocycles. The van der Waals surface area contributed by atoms with E-state index in [-0.39, 0.29) is 35.9 Å². The number of halogens is 1. The van der Waals surface area contributed by atoms with Gasteiger partial charge in [-0.1, -0.05) is 42.5 Å². The van der Waals surface area contributed by atoms with Gasteiger partial charge < -0.3 is 13.9 Å². The highest BCUT2D eigenvalue weighted by Crippen LogP contribution is 2.35. The second-order valence-corrected chi connectivity index (χ2v) is 13.8. The number of esters is 1. The van der Waals surface area contributed by atoms with Crippen LogP contribution in [0.5, 0.6) is 5.75 Å². The molecule has 0 aliphatic rings. The Labute approximate surface area is 259 Å². The smallest absolute Gasteiger partial charge is 0.310 e. The number of hydrogen-bond donors (Lipinski definition) is 0. The quantitative estimate of drug-likeness (QED) is 0.140. The molecule has 0 fully saturated rings. The number of nitrogens with zero attached hydrogens (tertiary/aromatic N) is 1. The topological polar surface area (TPSA) is 78.6 Å². The van der Waals surface area contributed by atoms with Crippen molar-refractivity contribution in [2.24, 2.45) is 0 Å². The maximum absolute atomic E-state index is 15.9. The molecule has 0 unspecified atom stereocenters. The van der Waals surface area contributed by atoms with Gasteiger partial charge in [-0.05, 0) is 74.7 Å². The minimum absolute atomic E-state index is 0.0786. The van der Waals surface area contributed by atoms with Gasteiger partial charge in [0.25, 0.3) is 0 Å². The van der Waals surface area contributed by atoms with Crippen molar-refractivity contribution in [3.63, 3.8) is 0 Å². The zero-order valence-electron chi connectivity index (χ0n) is 25.4. The molecule has 0 N–H and O–H groups in total. The SMILES string of the molecule is CCOC(=O)Cc1ccc(-c2ccccc2)cc1OCc1cc(-c2ccnc(CC[S@@](=O)C(C)(C)C)c2F)c2occc2c1. The van der Waals surface area contributed by atoms with Crippen molar-refractivity contribution in [2.75, 3.05) is 12.4 Å². The Hall–Kier alpha value is -4.30. The minimum atomic E-state index is -1.13. The Morgan fingerprint density at radius 1 is 0.977 bits per heavy atom. The van der Waals surface area contributed by atoms with Gasteiger partial charge in [0.2, 0.25) is 0 Å². The van der Waals surface area contributed by atoms with Crippen molar-refractivity contribution in [1.29, 1.82) is 0 Å². The van der Waals surface area contributed by atoms with Crippen molar-refractivity contribution in [3.05, 3.63) is 108 Å². The number of hydrogen-bond acceptors (Lipinski definition) is 6. The summed E-state index contributed by atoms with van der Waals surface area (Å²) in [5, 5.41) is 0.803. The first kappa shape index (κ1) is 31.1. The second kappa shape index (κ2) is 13.6. The lowest BCUT2D eigenvalue weighted by molar-refractivity contribution is -0.142. The first-order chi connectivity index (χ1) is 21.1. The van der Waals surface area contributed by atoms with Gasteiger partial charge in [-0.25, -0.2) is 4.39 Å². The fourth-order valence-electron chi connectivity index (χ4n) is 4.97. The van der Waals surface area contributed by atoms with Crippen LogP contribution in [0.1, 0.15) is 44.5 Å². The zero-order chi connectivity index (χ0) is 31.3. The van der Waals surface area contributed by atoms with Crippen LogP contribution in [0.4, 0.5) is 4.39 Å². The van der Waals surface area contributed by atoms with E-state index in [2.05, 4.69) is 4.98 Å². The molecular weight excluding hydrogens is 577 g/mol. The summed E-state index contributed by atoms with van der Waals surface area (Å²) in [5.41, 5.74) is 5.25. The fourth-order valence-corrected chi connectivity index (χ4v) is 5.96. The molecular formula is C36H36FNO5S. The number of benzene rings is 3. The number of carbonyl (C=O) groups excluding carboxylic acids is 1. The van der Waals surface area contributed by atoms with Crippen molar-refractivity contribution < 1.29 is 27.3 Å². The summed E-state index contributed by atoms with van der Waals surface area (Å²) in [6, 6.07) is 23.0. The van der Waals surface area contributed by atoms with Crippen molar-refractivity contribution >= 4 is 27.7 Å². The molecule has 5 aromatic rings. The molecule has 2 heterocycles. The van der Waals surface area contributed by atoms with Crippen LogP contribution in [0.2, 0.25) is 0 Å². The molecule has 6 nitrogen and oxygen atoms in total. The van der Waals surface area contributed by atoms with Crippen LogP contribution in [-0.2, 0) is 39.8 Å². The van der Waals surface area contributed by atoms with Crippen molar-refractivity contribution in [2.45, 2.75) is 51.9 Å². The molecule has 3 aromatic carbocycles. The van der Waals surface area contributed by atoms with E-state index in [0.29, 0.717) is 40.4 Å². The number of furan rings is 1. The average molecular weight is 614 g/mol. The summed E-state index contributed by atoms with van der Waals surface area (Å²) in [7, 11) is -1.13. The maximum atomic E-state index is 15.9. The Morgan fingerprint density at radius 3 is 2.52 bits per heavy atom. The van der Waals surface area contributed by atoms with Crippen LogP contribution in [-0.4, -0.2) is 32.3 Å². The molecule has 0 aliphatic heterocycles. The molecule has 0 saturated carbocycles. The van der Waals surface area contributed by atoms with E-state index in [4.69, 9.17) is 13.9 Å². The van der Waals surface area contributed by atoms with Crippen LogP contribution in [0.3, 0.4) is 0 Å². The number of aromatic nitrogens is 1. The number of fused-ring (bicyclic) bond motifs is 1. The highest BCUT2D eigenvalue weighted by molar-refractivity contribution is 7.86. The predicted octanol–water partition coefficient (Wildman–Crippen LogP) is 8.08. The molecule has 0 radical (unpaired) electrons. The summed E-state index contributed by atoms with van der Waals surface area (Å²) < 4.78 is 45.4. The van der Waals surface area contributed by atoms with Gasteiger partial charge in [-0.2, -0.15) is 0 Å². The Kier molecular flexibility index (Phi) is 9.59. The average Bonchev–Trinajstić information content (AvgIpc) is 3.48. The van der Waals surface area contributed by atoms with Gasteiger partial charge in [-0.3, -0.25) is 14.0 Å². The number of rotatable bonds is 11. The Morgan fingerprint density at radius 2 is 1.77 bits per heavy atom. The minimum Gasteiger partial charge on any atom is -0.489 e. The monoisotopic (exact) mass is 613 g/mol. The summed E-state index contributed by atoms with van der Waals surface area (Å²) in [5.74, 6) is 0.0954. The van der Waals surface area contributed by atoms with Crippen LogP contribution >= 0.6 is 0 Å². The van der Waals surface area contributed by atoms with E-state index in [1.54, 1.807) is 25.5 Å². The van der Waals surface area contributed by atoms with Crippen LogP contribution < -0.4 is 4.74 Å². The van der Waals surface area contributed by atoms with Gasteiger partial charge in [0, 0.05) is 56.0 Å². The largest absolute Gasteiger partial charge is 0.489 e. The van der Waals surface area contributed by atoms with Crippen LogP contribution in [0, 0.1) is 5.82 Å². The highest BCUT2D eigenvalue weighted by Gasteiger charge is 2.22. The molecule has 5 rings (SSSR count). The van der Waals surface area contributed by atoms with E-state index >= 15 is 4.39 Å². The van der Waals surface area contributed by atoms with E-state index in [0.717, 1.165) is 22.1 Å². The van der Waals surface area contributed by atoms with E-state index in [1.807, 2.05) is 87.5 Å². The number of aryl methyl sites for hydroxylation is 1. The standard InChI is InChI=1S/C36H36FNO5S/c1-5-41-33(39)22-27-12-11-26(25-9-7-6-8-10-25)21-32(27)43-23-24-19-28-14-17-42-35(28)30(20-24)29-13-16-38-31(34(29)37)15-18-44(40)36(2,3)4/h6-14,16-17,19-21H,5,15,18,22-23H2,1-4H3/t44-/m1/s1. The third-order valence-corrected chi connectivity index (χ3v) is 9.22. The third kappa shape index (κ3) is 7.25. The summed E-state index contributed by atoms with van der Waals surface area (Å²) in [6.07, 6.45) is 3.48. The highest BCUT2D eigenvalue weighted by atomic mass is 32.2. The fraction of sp³-hybridized carbons (Fsp3) is 0.278. The van der Waals surface area contributed by atoms with Gasteiger partial charge in [0.1, 0.15) is 17.9 Å². The summed E-state index contributed by atoms with van der Waals surface area (Å²) in [4.78, 5) is 16.6. The normalized spacial score (nSPS) is 12.3. The van der Waals surface area contributed by atoms with Gasteiger partial charge in [-0.15, -0.1) is 0 Å². The number of ether oxygens (including phenoxy) is 2.